The molecule has 0 unspecified atom stereocenters. The van der Waals surface area contributed by atoms with Gasteiger partial charge >= 0.3 is 0 Å². The normalized spacial score (nSPS) is 5.57. The van der Waals surface area contributed by atoms with Crippen molar-refractivity contribution < 1.29 is 0 Å². The van der Waals surface area contributed by atoms with E-state index in [-0.39, 0.29) is 5.57 Å². The van der Waals surface area contributed by atoms with Crippen molar-refractivity contribution >= 4 is 22.6 Å². The van der Waals surface area contributed by atoms with Gasteiger partial charge in [-0.2, -0.15) is 10.5 Å². The van der Waals surface area contributed by atoms with Crippen molar-refractivity contribution in [3.05, 3.63) is 9.66 Å². The van der Waals surface area contributed by atoms with E-state index in [1.165, 1.54) is 4.08 Å². The average molecular weight is 204 g/mol. The van der Waals surface area contributed by atoms with E-state index < -0.39 is 0 Å². The van der Waals surface area contributed by atoms with Crippen LogP contribution in [0.4, 0.5) is 0 Å². The molecule has 0 rings (SSSR count). The first-order chi connectivity index (χ1) is 3.35. The summed E-state index contributed by atoms with van der Waals surface area (Å²) in [5.41, 5.74) is 0.153. The fraction of sp³-hybridized carbons (Fsp3) is 0. The summed E-state index contributed by atoms with van der Waals surface area (Å²) in [5.74, 6) is 0. The Morgan fingerprint density at radius 1 is 1.43 bits per heavy atom. The highest BCUT2D eigenvalue weighted by Gasteiger charge is 1.82. The van der Waals surface area contributed by atoms with Crippen LogP contribution >= 0.6 is 22.6 Å². The summed E-state index contributed by atoms with van der Waals surface area (Å²) in [4.78, 5) is 0. The molecule has 0 fully saturated rings. The Balaban J connectivity index is 4.03. The van der Waals surface area contributed by atoms with Gasteiger partial charge in [-0.15, -0.1) is 0 Å². The van der Waals surface area contributed by atoms with E-state index in [4.69, 9.17) is 10.5 Å². The average Bonchev–Trinajstić information content (AvgIpc) is 1.72. The van der Waals surface area contributed by atoms with Gasteiger partial charge in [0.25, 0.3) is 0 Å². The Kier molecular flexibility index (Phi) is 3.35. The smallest absolute Gasteiger partial charge is 0.135 e. The summed E-state index contributed by atoms with van der Waals surface area (Å²) in [6, 6.07) is 3.39. The van der Waals surface area contributed by atoms with Crippen molar-refractivity contribution in [3.8, 4) is 12.1 Å². The Morgan fingerprint density at radius 2 is 1.86 bits per heavy atom. The molecule has 0 saturated carbocycles. The van der Waals surface area contributed by atoms with Crippen LogP contribution < -0.4 is 0 Å². The van der Waals surface area contributed by atoms with Crippen LogP contribution in [-0.2, 0) is 0 Å². The largest absolute Gasteiger partial charge is 0.192 e. The summed E-state index contributed by atoms with van der Waals surface area (Å²) in [5, 5.41) is 16.0. The molecular weight excluding hydrogens is 203 g/mol. The fourth-order valence-corrected chi connectivity index (χ4v) is 0.352. The number of hydrogen-bond donors (Lipinski definition) is 0. The minimum Gasteiger partial charge on any atom is -0.192 e. The molecule has 0 aliphatic carbocycles. The lowest BCUT2D eigenvalue weighted by Crippen LogP contribution is -1.62. The molecule has 7 heavy (non-hydrogen) atoms. The van der Waals surface area contributed by atoms with Crippen molar-refractivity contribution in [1.82, 2.24) is 0 Å². The molecule has 0 amide bonds. The molecule has 0 spiro atoms. The van der Waals surface area contributed by atoms with Gasteiger partial charge in [-0.05, 0) is 0 Å². The van der Waals surface area contributed by atoms with Gasteiger partial charge in [0, 0.05) is 4.08 Å². The van der Waals surface area contributed by atoms with E-state index in [9.17, 15) is 0 Å². The van der Waals surface area contributed by atoms with Gasteiger partial charge in [-0.1, -0.05) is 22.6 Å². The molecule has 0 atom stereocenters. The monoisotopic (exact) mass is 204 g/mol. The van der Waals surface area contributed by atoms with Crippen molar-refractivity contribution in [2.75, 3.05) is 0 Å². The second-order valence-electron chi connectivity index (χ2n) is 0.746. The number of nitriles is 2. The molecule has 0 aliphatic heterocycles. The van der Waals surface area contributed by atoms with E-state index >= 15 is 0 Å². The molecule has 3 heteroatoms. The van der Waals surface area contributed by atoms with E-state index in [1.54, 1.807) is 12.1 Å². The number of nitrogens with zero attached hydrogens (tertiary/aromatic N) is 2. The lowest BCUT2D eigenvalue weighted by atomic mass is 10.4. The predicted molar refractivity (Wildman–Crippen MR) is 33.3 cm³/mol. The Labute approximate surface area is 55.2 Å². The maximum absolute atomic E-state index is 7.98. The zero-order valence-electron chi connectivity index (χ0n) is 3.35. The number of rotatable bonds is 0. The van der Waals surface area contributed by atoms with Crippen molar-refractivity contribution in [2.24, 2.45) is 0 Å². The second kappa shape index (κ2) is 3.63. The predicted octanol–water partition coefficient (Wildman–Crippen LogP) is 1.35. The van der Waals surface area contributed by atoms with Crippen LogP contribution in [0.1, 0.15) is 0 Å². The summed E-state index contributed by atoms with van der Waals surface area (Å²) >= 11 is 1.84. The molecule has 0 aliphatic rings. The van der Waals surface area contributed by atoms with Crippen LogP contribution in [-0.4, -0.2) is 0 Å². The molecule has 0 bridgehead atoms. The molecule has 0 N–H and O–H groups in total. The maximum Gasteiger partial charge on any atom is 0.135 e. The topological polar surface area (TPSA) is 47.6 Å². The van der Waals surface area contributed by atoms with Crippen LogP contribution in [0.25, 0.3) is 0 Å². The molecule has 0 radical (unpaired) electrons. The lowest BCUT2D eigenvalue weighted by Gasteiger charge is -1.65. The number of halogens is 1. The number of allylic oxidation sites excluding steroid dienone is 1. The van der Waals surface area contributed by atoms with Gasteiger partial charge in [-0.3, -0.25) is 0 Å². The highest BCUT2D eigenvalue weighted by atomic mass is 127. The highest BCUT2D eigenvalue weighted by Crippen LogP contribution is 1.93. The summed E-state index contributed by atoms with van der Waals surface area (Å²) in [6.07, 6.45) is 0. The van der Waals surface area contributed by atoms with E-state index in [2.05, 4.69) is 0 Å². The zero-order valence-corrected chi connectivity index (χ0v) is 5.51. The molecular formula is C4HIN2. The Morgan fingerprint density at radius 3 is 1.86 bits per heavy atom. The van der Waals surface area contributed by atoms with Crippen LogP contribution in [0.15, 0.2) is 9.66 Å². The molecule has 2 nitrogen and oxygen atoms in total. The maximum atomic E-state index is 7.98. The second-order valence-corrected chi connectivity index (χ2v) is 1.37. The van der Waals surface area contributed by atoms with Crippen molar-refractivity contribution in [2.45, 2.75) is 0 Å². The zero-order chi connectivity index (χ0) is 5.70. The molecule has 0 aromatic heterocycles. The SMILES string of the molecule is N#CC(C#N)=CI. The third-order valence-corrected chi connectivity index (χ3v) is 0.973. The summed E-state index contributed by atoms with van der Waals surface area (Å²) in [6.45, 7) is 0. The standard InChI is InChI=1S/C4HIN2/c5-1-4(2-6)3-7/h1H. The minimum absolute atomic E-state index is 0.153. The first kappa shape index (κ1) is 6.45. The Bertz CT molecular complexity index is 142. The van der Waals surface area contributed by atoms with Crippen LogP contribution in [0.2, 0.25) is 0 Å². The van der Waals surface area contributed by atoms with E-state index in [0.29, 0.717) is 0 Å². The molecule has 0 aromatic rings. The van der Waals surface area contributed by atoms with Gasteiger partial charge in [0.15, 0.2) is 0 Å². The van der Waals surface area contributed by atoms with Gasteiger partial charge in [0.05, 0.1) is 0 Å². The van der Waals surface area contributed by atoms with E-state index in [0.717, 1.165) is 0 Å². The molecule has 34 valence electrons. The molecule has 0 heterocycles. The van der Waals surface area contributed by atoms with Crippen LogP contribution in [0.3, 0.4) is 0 Å². The first-order valence-electron chi connectivity index (χ1n) is 1.45. The van der Waals surface area contributed by atoms with Gasteiger partial charge in [0.2, 0.25) is 0 Å². The summed E-state index contributed by atoms with van der Waals surface area (Å²) < 4.78 is 1.44. The van der Waals surface area contributed by atoms with Gasteiger partial charge < -0.3 is 0 Å². The van der Waals surface area contributed by atoms with Crippen molar-refractivity contribution in [1.29, 1.82) is 10.5 Å². The Hall–Kier alpha value is -0.550. The van der Waals surface area contributed by atoms with E-state index in [1.807, 2.05) is 22.6 Å². The van der Waals surface area contributed by atoms with Crippen LogP contribution in [0, 0.1) is 22.7 Å². The van der Waals surface area contributed by atoms with Crippen LogP contribution in [0.5, 0.6) is 0 Å². The van der Waals surface area contributed by atoms with Gasteiger partial charge in [0.1, 0.15) is 17.7 Å². The quantitative estimate of drug-likeness (QED) is 0.441. The first-order valence-corrected chi connectivity index (χ1v) is 2.70. The molecule has 0 saturated heterocycles. The summed E-state index contributed by atoms with van der Waals surface area (Å²) in [7, 11) is 0. The molecule has 0 aromatic carbocycles. The van der Waals surface area contributed by atoms with Crippen molar-refractivity contribution in [3.63, 3.8) is 0 Å². The fourth-order valence-electron chi connectivity index (χ4n) is 0.0738. The number of hydrogen-bond acceptors (Lipinski definition) is 2. The minimum atomic E-state index is 0.153. The van der Waals surface area contributed by atoms with Gasteiger partial charge in [-0.25, -0.2) is 0 Å². The highest BCUT2D eigenvalue weighted by molar-refractivity contribution is 14.1. The third kappa shape index (κ3) is 2.18. The third-order valence-electron chi connectivity index (χ3n) is 0.350. The lowest BCUT2D eigenvalue weighted by molar-refractivity contribution is 1.47.